The molecule has 1 saturated carbocycles. The lowest BCUT2D eigenvalue weighted by atomic mass is 9.85. The van der Waals surface area contributed by atoms with E-state index in [0.29, 0.717) is 22.5 Å². The Morgan fingerprint density at radius 1 is 0.463 bits per heavy atom. The van der Waals surface area contributed by atoms with Gasteiger partial charge in [0.15, 0.2) is 0 Å². The van der Waals surface area contributed by atoms with E-state index in [4.69, 9.17) is 12.6 Å². The number of hydrogen-bond acceptors (Lipinski definition) is 1. The van der Waals surface area contributed by atoms with Gasteiger partial charge in [-0.2, -0.15) is 0 Å². The maximum absolute atomic E-state index is 9.96. The summed E-state index contributed by atoms with van der Waals surface area (Å²) in [4.78, 5) is 0. The Labute approximate surface area is 337 Å². The minimum absolute atomic E-state index is 0.0126. The molecular weight excluding hydrogens is 653 g/mol. The molecule has 11 rings (SSSR count). The molecule has 1 aliphatic carbocycles. The molecule has 0 unspecified atom stereocenters. The second-order valence-electron chi connectivity index (χ2n) is 13.9. The molecule has 1 aromatic heterocycles. The quantitative estimate of drug-likeness (QED) is 0.128. The van der Waals surface area contributed by atoms with Gasteiger partial charge in [-0.05, 0) is 125 Å². The summed E-state index contributed by atoms with van der Waals surface area (Å²) in [6, 6.07) is 11.7. The van der Waals surface area contributed by atoms with Crippen molar-refractivity contribution in [1.29, 1.82) is 0 Å². The van der Waals surface area contributed by atoms with E-state index < -0.39 is 119 Å². The third kappa shape index (κ3) is 5.07. The summed E-state index contributed by atoms with van der Waals surface area (Å²) in [5.74, 6) is 0.319. The maximum Gasteiger partial charge on any atom is 0.134 e. The Bertz CT molecular complexity index is 3900. The van der Waals surface area contributed by atoms with Crippen molar-refractivity contribution < 1.29 is 26.3 Å². The third-order valence-electron chi connectivity index (χ3n) is 10.9. The molecule has 1 heteroatoms. The van der Waals surface area contributed by atoms with E-state index in [9.17, 15) is 13.7 Å². The summed E-state index contributed by atoms with van der Waals surface area (Å²) in [5.41, 5.74) is -0.0306. The summed E-state index contributed by atoms with van der Waals surface area (Å²) in [6.07, 6.45) is 5.59. The molecular formula is C53H38O. The second kappa shape index (κ2) is 12.6. The summed E-state index contributed by atoms with van der Waals surface area (Å²) < 4.78 is 155. The standard InChI is InChI=1S/C53H38O/c1-2-12-34(11-1)40-26-28-45-50(33-54-51(45)32-40)53-48-21-7-5-19-46(48)52(47-20-6-8-22-49(47)53)42-17-10-16-38(31-42)36-14-9-15-37(29-36)39-25-27-44-41(30-39)24-23-35-13-3-4-18-43(35)44/h3-10,13-34H,1-2,11-12H2/i5D,6D,7D,8D,9D,10D,14D,15D,16D,17D,19D,20D,21D,22D,29D,31D. The van der Waals surface area contributed by atoms with Gasteiger partial charge < -0.3 is 4.42 Å². The summed E-state index contributed by atoms with van der Waals surface area (Å²) in [5, 5.41) is 2.97. The van der Waals surface area contributed by atoms with Crippen molar-refractivity contribution in [3.8, 4) is 44.5 Å². The molecule has 1 aliphatic rings. The largest absolute Gasteiger partial charge is 0.464 e. The number of furan rings is 1. The van der Waals surface area contributed by atoms with Gasteiger partial charge in [0.2, 0.25) is 0 Å². The zero-order valence-corrected chi connectivity index (χ0v) is 28.8. The summed E-state index contributed by atoms with van der Waals surface area (Å²) in [6.45, 7) is 0. The van der Waals surface area contributed by atoms with Crippen LogP contribution in [-0.2, 0) is 0 Å². The minimum atomic E-state index is -0.827. The Morgan fingerprint density at radius 3 is 1.80 bits per heavy atom. The van der Waals surface area contributed by atoms with Crippen LogP contribution in [0.1, 0.15) is 59.1 Å². The SMILES string of the molecule is [2H]c1c([2H])c(-c2ccc3c(ccc4ccccc43)c2)c([2H])c(-c2c([2H])c([2H])c([2H])c(-c3c4c([2H])c([2H])c([2H])c([2H])c4c(-c4coc5cc(C6CCCC6)ccc45)c4c([2H])c([2H])c([2H])c([2H])c34)c2[2H])c1[2H]. The Balaban J connectivity index is 1.26. The van der Waals surface area contributed by atoms with Gasteiger partial charge in [-0.15, -0.1) is 0 Å². The van der Waals surface area contributed by atoms with E-state index in [1.807, 2.05) is 60.7 Å². The monoisotopic (exact) mass is 706 g/mol. The maximum atomic E-state index is 9.96. The topological polar surface area (TPSA) is 13.1 Å². The van der Waals surface area contributed by atoms with Crippen molar-refractivity contribution in [2.75, 3.05) is 0 Å². The molecule has 9 aromatic carbocycles. The molecule has 0 spiro atoms. The van der Waals surface area contributed by atoms with Crippen molar-refractivity contribution in [3.63, 3.8) is 0 Å². The fourth-order valence-electron chi connectivity index (χ4n) is 8.27. The first-order valence-electron chi connectivity index (χ1n) is 26.0. The molecule has 0 atom stereocenters. The van der Waals surface area contributed by atoms with Crippen LogP contribution in [0.2, 0.25) is 0 Å². The molecule has 1 heterocycles. The van der Waals surface area contributed by atoms with E-state index in [1.54, 1.807) is 12.1 Å². The Morgan fingerprint density at radius 2 is 1.06 bits per heavy atom. The number of benzene rings is 9. The van der Waals surface area contributed by atoms with Crippen molar-refractivity contribution in [1.82, 2.24) is 0 Å². The van der Waals surface area contributed by atoms with Crippen LogP contribution in [0.3, 0.4) is 0 Å². The first-order chi connectivity index (χ1) is 33.4. The highest BCUT2D eigenvalue weighted by atomic mass is 16.3. The van der Waals surface area contributed by atoms with E-state index in [1.165, 1.54) is 6.26 Å². The van der Waals surface area contributed by atoms with Gasteiger partial charge in [0.05, 0.1) is 28.2 Å². The highest BCUT2D eigenvalue weighted by Gasteiger charge is 2.22. The molecule has 0 N–H and O–H groups in total. The van der Waals surface area contributed by atoms with Crippen LogP contribution in [0.5, 0.6) is 0 Å². The van der Waals surface area contributed by atoms with E-state index in [0.717, 1.165) is 52.8 Å². The minimum Gasteiger partial charge on any atom is -0.464 e. The highest BCUT2D eigenvalue weighted by molar-refractivity contribution is 6.23. The molecule has 0 radical (unpaired) electrons. The average Bonchev–Trinajstić information content (AvgIpc) is 4.06. The Kier molecular flexibility index (Phi) is 4.45. The van der Waals surface area contributed by atoms with Crippen LogP contribution < -0.4 is 0 Å². The zero-order chi connectivity index (χ0) is 49.5. The first-order valence-corrected chi connectivity index (χ1v) is 18.0. The predicted octanol–water partition coefficient (Wildman–Crippen LogP) is 15.4. The van der Waals surface area contributed by atoms with Crippen molar-refractivity contribution in [2.45, 2.75) is 31.6 Å². The molecule has 0 amide bonds. The van der Waals surface area contributed by atoms with Gasteiger partial charge in [-0.1, -0.05) is 158 Å². The lowest BCUT2D eigenvalue weighted by molar-refractivity contribution is 0.615. The van der Waals surface area contributed by atoms with Gasteiger partial charge in [0.25, 0.3) is 0 Å². The number of hydrogen-bond donors (Lipinski definition) is 0. The van der Waals surface area contributed by atoms with Crippen molar-refractivity contribution >= 4 is 54.1 Å². The van der Waals surface area contributed by atoms with E-state index in [-0.39, 0.29) is 38.2 Å². The van der Waals surface area contributed by atoms with Crippen LogP contribution >= 0.6 is 0 Å². The number of rotatable bonds is 5. The van der Waals surface area contributed by atoms with E-state index >= 15 is 0 Å². The molecule has 10 aromatic rings. The predicted molar refractivity (Wildman–Crippen MR) is 229 cm³/mol. The third-order valence-corrected chi connectivity index (χ3v) is 10.9. The van der Waals surface area contributed by atoms with Gasteiger partial charge in [-0.25, -0.2) is 0 Å². The van der Waals surface area contributed by atoms with Crippen LogP contribution in [0.25, 0.3) is 98.6 Å². The summed E-state index contributed by atoms with van der Waals surface area (Å²) >= 11 is 0. The zero-order valence-electron chi connectivity index (χ0n) is 44.8. The van der Waals surface area contributed by atoms with Gasteiger partial charge in [0.1, 0.15) is 5.58 Å². The molecule has 1 fully saturated rings. The molecule has 0 bridgehead atoms. The highest BCUT2D eigenvalue weighted by Crippen LogP contribution is 2.47. The fourth-order valence-corrected chi connectivity index (χ4v) is 8.27. The van der Waals surface area contributed by atoms with Crippen molar-refractivity contribution in [2.24, 2.45) is 0 Å². The van der Waals surface area contributed by atoms with Crippen LogP contribution in [0, 0.1) is 0 Å². The smallest absolute Gasteiger partial charge is 0.134 e. The second-order valence-corrected chi connectivity index (χ2v) is 13.9. The summed E-state index contributed by atoms with van der Waals surface area (Å²) in [7, 11) is 0. The van der Waals surface area contributed by atoms with Crippen molar-refractivity contribution in [3.05, 3.63) is 181 Å². The molecule has 54 heavy (non-hydrogen) atoms. The molecule has 1 nitrogen and oxygen atoms in total. The van der Waals surface area contributed by atoms with Crippen LogP contribution in [0.4, 0.5) is 0 Å². The Hall–Kier alpha value is -6.44. The van der Waals surface area contributed by atoms with Crippen LogP contribution in [0.15, 0.2) is 180 Å². The number of fused-ring (bicyclic) bond motifs is 6. The molecule has 0 aliphatic heterocycles. The van der Waals surface area contributed by atoms with Crippen LogP contribution in [-0.4, -0.2) is 0 Å². The normalized spacial score (nSPS) is 17.7. The molecule has 256 valence electrons. The molecule has 0 saturated heterocycles. The lowest BCUT2D eigenvalue weighted by Gasteiger charge is -2.18. The average molecular weight is 707 g/mol. The van der Waals surface area contributed by atoms with Gasteiger partial charge in [0, 0.05) is 16.5 Å². The van der Waals surface area contributed by atoms with E-state index in [2.05, 4.69) is 0 Å². The van der Waals surface area contributed by atoms with Gasteiger partial charge in [-0.3, -0.25) is 0 Å². The first kappa shape index (κ1) is 19.1. The van der Waals surface area contributed by atoms with Gasteiger partial charge >= 0.3 is 0 Å². The fraction of sp³-hybridized carbons (Fsp3) is 0.0943. The lowest BCUT2D eigenvalue weighted by Crippen LogP contribution is -1.92.